The van der Waals surface area contributed by atoms with Crippen LogP contribution in [-0.4, -0.2) is 73.6 Å². The second-order valence-electron chi connectivity index (χ2n) is 11.4. The summed E-state index contributed by atoms with van der Waals surface area (Å²) in [6.45, 7) is 2.51. The van der Waals surface area contributed by atoms with Gasteiger partial charge in [0.15, 0.2) is 0 Å². The van der Waals surface area contributed by atoms with Crippen LogP contribution in [0.25, 0.3) is 11.0 Å². The number of carbonyl (C=O) groups excluding carboxylic acids is 2. The number of ether oxygens (including phenoxy) is 1. The molecule has 9 heteroatoms. The molecule has 0 radical (unpaired) electrons. The van der Waals surface area contributed by atoms with Crippen molar-refractivity contribution in [1.82, 2.24) is 14.9 Å². The number of para-hydroxylation sites is 2. The second kappa shape index (κ2) is 11.9. The highest BCUT2D eigenvalue weighted by Crippen LogP contribution is 2.31. The zero-order valence-corrected chi connectivity index (χ0v) is 24.5. The summed E-state index contributed by atoms with van der Waals surface area (Å²) >= 11 is 0. The number of H-pyrrole nitrogens is 1. The lowest BCUT2D eigenvalue weighted by molar-refractivity contribution is 0.0982. The number of nitrogens with one attached hydrogen (secondary N) is 2. The predicted molar refractivity (Wildman–Crippen MR) is 167 cm³/mol. The quantitative estimate of drug-likeness (QED) is 0.327. The van der Waals surface area contributed by atoms with E-state index in [2.05, 4.69) is 40.3 Å². The molecular formula is C33H38N6O3. The SMILES string of the molecule is COc1cc(C(=O)N2CCCCc3ccccc32)ccc1C(=O)Nc1cccc2[nH]c(N3CCC(N(C)C)CC3)nc12. The second-order valence-corrected chi connectivity index (χ2v) is 11.4. The number of aryl methyl sites for hydroxylation is 1. The van der Waals surface area contributed by atoms with Crippen molar-refractivity contribution >= 4 is 40.2 Å². The van der Waals surface area contributed by atoms with Crippen molar-refractivity contribution in [1.29, 1.82) is 0 Å². The minimum Gasteiger partial charge on any atom is -0.496 e. The summed E-state index contributed by atoms with van der Waals surface area (Å²) < 4.78 is 5.61. The van der Waals surface area contributed by atoms with Crippen LogP contribution in [0.5, 0.6) is 5.75 Å². The Morgan fingerprint density at radius 1 is 1.00 bits per heavy atom. The number of amides is 2. The zero-order chi connectivity index (χ0) is 29.2. The van der Waals surface area contributed by atoms with Gasteiger partial charge in [0.1, 0.15) is 11.3 Å². The molecule has 0 spiro atoms. The number of hydrogen-bond acceptors (Lipinski definition) is 6. The lowest BCUT2D eigenvalue weighted by atomic mass is 10.0. The number of imidazole rings is 1. The molecule has 0 unspecified atom stereocenters. The molecular weight excluding hydrogens is 528 g/mol. The van der Waals surface area contributed by atoms with Crippen LogP contribution < -0.4 is 19.9 Å². The van der Waals surface area contributed by atoms with Gasteiger partial charge in [0.25, 0.3) is 11.8 Å². The van der Waals surface area contributed by atoms with E-state index in [1.54, 1.807) is 18.2 Å². The molecule has 2 amide bonds. The number of benzene rings is 3. The summed E-state index contributed by atoms with van der Waals surface area (Å²) in [4.78, 5) is 41.8. The molecule has 2 aliphatic heterocycles. The van der Waals surface area contributed by atoms with Crippen LogP contribution in [-0.2, 0) is 6.42 Å². The van der Waals surface area contributed by atoms with Gasteiger partial charge in [-0.1, -0.05) is 24.3 Å². The Balaban J connectivity index is 1.21. The Bertz CT molecular complexity index is 1600. The summed E-state index contributed by atoms with van der Waals surface area (Å²) in [6, 6.07) is 19.4. The molecule has 218 valence electrons. The van der Waals surface area contributed by atoms with E-state index in [0.717, 1.165) is 62.3 Å². The molecule has 9 nitrogen and oxygen atoms in total. The fourth-order valence-corrected chi connectivity index (χ4v) is 6.12. The minimum absolute atomic E-state index is 0.0990. The smallest absolute Gasteiger partial charge is 0.259 e. The van der Waals surface area contributed by atoms with Gasteiger partial charge < -0.3 is 29.7 Å². The maximum atomic E-state index is 13.6. The molecule has 6 rings (SSSR count). The van der Waals surface area contributed by atoms with Gasteiger partial charge in [-0.25, -0.2) is 4.98 Å². The fourth-order valence-electron chi connectivity index (χ4n) is 6.12. The number of fused-ring (bicyclic) bond motifs is 2. The molecule has 1 saturated heterocycles. The lowest BCUT2D eigenvalue weighted by Gasteiger charge is -2.34. The van der Waals surface area contributed by atoms with E-state index in [4.69, 9.17) is 9.72 Å². The van der Waals surface area contributed by atoms with Crippen molar-refractivity contribution < 1.29 is 14.3 Å². The van der Waals surface area contributed by atoms with Gasteiger partial charge in [0.2, 0.25) is 5.95 Å². The summed E-state index contributed by atoms with van der Waals surface area (Å²) in [5.41, 5.74) is 5.16. The van der Waals surface area contributed by atoms with E-state index < -0.39 is 0 Å². The van der Waals surface area contributed by atoms with Gasteiger partial charge >= 0.3 is 0 Å². The number of piperidine rings is 1. The van der Waals surface area contributed by atoms with Crippen LogP contribution in [0, 0.1) is 0 Å². The number of methoxy groups -OCH3 is 1. The Morgan fingerprint density at radius 2 is 1.81 bits per heavy atom. The first-order valence-electron chi connectivity index (χ1n) is 14.7. The highest BCUT2D eigenvalue weighted by atomic mass is 16.5. The molecule has 1 fully saturated rings. The van der Waals surface area contributed by atoms with Crippen molar-refractivity contribution in [3.8, 4) is 5.75 Å². The number of carbonyl (C=O) groups is 2. The first-order chi connectivity index (χ1) is 20.4. The van der Waals surface area contributed by atoms with Crippen molar-refractivity contribution in [2.75, 3.05) is 56.0 Å². The highest BCUT2D eigenvalue weighted by Gasteiger charge is 2.25. The van der Waals surface area contributed by atoms with Crippen LogP contribution in [0.1, 0.15) is 52.0 Å². The molecule has 3 heterocycles. The van der Waals surface area contributed by atoms with Crippen molar-refractivity contribution in [2.45, 2.75) is 38.1 Å². The molecule has 2 N–H and O–H groups in total. The van der Waals surface area contributed by atoms with Crippen molar-refractivity contribution in [3.63, 3.8) is 0 Å². The molecule has 0 atom stereocenters. The molecule has 0 saturated carbocycles. The number of aromatic nitrogens is 2. The van der Waals surface area contributed by atoms with Crippen LogP contribution >= 0.6 is 0 Å². The van der Waals surface area contributed by atoms with Gasteiger partial charge in [-0.2, -0.15) is 0 Å². The van der Waals surface area contributed by atoms with Crippen LogP contribution in [0.2, 0.25) is 0 Å². The summed E-state index contributed by atoms with van der Waals surface area (Å²) in [7, 11) is 5.78. The third-order valence-corrected chi connectivity index (χ3v) is 8.54. The van der Waals surface area contributed by atoms with Crippen molar-refractivity contribution in [2.24, 2.45) is 0 Å². The van der Waals surface area contributed by atoms with Gasteiger partial charge in [0, 0.05) is 36.9 Å². The van der Waals surface area contributed by atoms with E-state index in [-0.39, 0.29) is 11.8 Å². The number of anilines is 3. The van der Waals surface area contributed by atoms with Gasteiger partial charge in [-0.3, -0.25) is 9.59 Å². The number of rotatable bonds is 6. The van der Waals surface area contributed by atoms with Crippen molar-refractivity contribution in [3.05, 3.63) is 77.4 Å². The molecule has 4 aromatic rings. The normalized spacial score (nSPS) is 15.9. The predicted octanol–water partition coefficient (Wildman–Crippen LogP) is 5.34. The summed E-state index contributed by atoms with van der Waals surface area (Å²) in [5, 5.41) is 3.03. The average Bonchev–Trinajstić information content (AvgIpc) is 3.35. The van der Waals surface area contributed by atoms with E-state index in [9.17, 15) is 9.59 Å². The molecule has 1 aromatic heterocycles. The van der Waals surface area contributed by atoms with Gasteiger partial charge in [0.05, 0.1) is 23.9 Å². The van der Waals surface area contributed by atoms with Crippen LogP contribution in [0.4, 0.5) is 17.3 Å². The van der Waals surface area contributed by atoms with E-state index >= 15 is 0 Å². The zero-order valence-electron chi connectivity index (χ0n) is 24.5. The maximum absolute atomic E-state index is 13.6. The molecule has 3 aromatic carbocycles. The summed E-state index contributed by atoms with van der Waals surface area (Å²) in [6.07, 6.45) is 5.10. The van der Waals surface area contributed by atoms with E-state index in [1.807, 2.05) is 41.3 Å². The van der Waals surface area contributed by atoms with Gasteiger partial charge in [-0.05, 0) is 88.2 Å². The highest BCUT2D eigenvalue weighted by molar-refractivity contribution is 6.11. The molecule has 0 bridgehead atoms. The van der Waals surface area contributed by atoms with E-state index in [1.165, 1.54) is 12.7 Å². The first-order valence-corrected chi connectivity index (χ1v) is 14.7. The fraction of sp³-hybridized carbons (Fsp3) is 0.364. The monoisotopic (exact) mass is 566 g/mol. The third-order valence-electron chi connectivity index (χ3n) is 8.54. The third kappa shape index (κ3) is 5.44. The first kappa shape index (κ1) is 27.8. The Labute approximate surface area is 246 Å². The largest absolute Gasteiger partial charge is 0.496 e. The Morgan fingerprint density at radius 3 is 2.60 bits per heavy atom. The summed E-state index contributed by atoms with van der Waals surface area (Å²) in [5.74, 6) is 0.743. The number of nitrogens with zero attached hydrogens (tertiary/aromatic N) is 4. The Kier molecular flexibility index (Phi) is 7.84. The molecule has 2 aliphatic rings. The maximum Gasteiger partial charge on any atom is 0.259 e. The molecule has 0 aliphatic carbocycles. The number of hydrogen-bond donors (Lipinski definition) is 2. The van der Waals surface area contributed by atoms with E-state index in [0.29, 0.717) is 40.7 Å². The topological polar surface area (TPSA) is 93.8 Å². The Hall–Kier alpha value is -4.37. The molecule has 42 heavy (non-hydrogen) atoms. The lowest BCUT2D eigenvalue weighted by Crippen LogP contribution is -2.42. The van der Waals surface area contributed by atoms with Crippen LogP contribution in [0.3, 0.4) is 0 Å². The standard InChI is InChI=1S/C33H38N6O3/c1-37(2)24-16-19-38(20-17-24)33-35-27-12-8-11-26(30(27)36-33)34-31(40)25-15-14-23(21-29(25)42-3)32(41)39-18-7-6-10-22-9-4-5-13-28(22)39/h4-5,8-9,11-15,21,24H,6-7,10,16-20H2,1-3H3,(H,34,40)(H,35,36). The minimum atomic E-state index is -0.324. The number of aromatic amines is 1. The average molecular weight is 567 g/mol. The van der Waals surface area contributed by atoms with Gasteiger partial charge in [-0.15, -0.1) is 0 Å². The van der Waals surface area contributed by atoms with Crippen LogP contribution in [0.15, 0.2) is 60.7 Å².